The molecule has 12 N–H and O–H groups in total. The molecule has 0 aromatic rings. The maximum absolute atomic E-state index is 11.7. The van der Waals surface area contributed by atoms with Crippen molar-refractivity contribution in [3.05, 3.63) is 0 Å². The highest BCUT2D eigenvalue weighted by Crippen LogP contribution is 2.25. The van der Waals surface area contributed by atoms with Crippen LogP contribution in [-0.2, 0) is 57.0 Å². The normalized spacial score (nSPS) is 32.7. The van der Waals surface area contributed by atoms with Gasteiger partial charge < -0.3 is 105 Å². The number of hydrogen-bond acceptors (Lipinski definition) is 21. The van der Waals surface area contributed by atoms with Gasteiger partial charge in [0.25, 0.3) is 0 Å². The monoisotopic (exact) mass is 974 g/mol. The Morgan fingerprint density at radius 2 is 0.672 bits per heavy atom. The molecule has 0 aromatic heterocycles. The summed E-state index contributed by atoms with van der Waals surface area (Å²) in [7, 11) is 0. The average Bonchev–Trinajstić information content (AvgIpc) is 3.29. The van der Waals surface area contributed by atoms with E-state index in [9.17, 15) is 60.3 Å². The highest BCUT2D eigenvalue weighted by atomic mass is 16.7. The summed E-state index contributed by atoms with van der Waals surface area (Å²) in [5, 5.41) is 98.3. The van der Waals surface area contributed by atoms with E-state index in [0.29, 0.717) is 78.2 Å². The maximum atomic E-state index is 11.7. The van der Waals surface area contributed by atoms with E-state index in [0.717, 1.165) is 19.3 Å². The summed E-state index contributed by atoms with van der Waals surface area (Å²) >= 11 is 0. The van der Waals surface area contributed by atoms with Gasteiger partial charge in [-0.15, -0.1) is 0 Å². The van der Waals surface area contributed by atoms with Crippen LogP contribution in [0.1, 0.15) is 78.6 Å². The van der Waals surface area contributed by atoms with Crippen molar-refractivity contribution in [2.24, 2.45) is 5.92 Å². The molecular formula is C43H79N3O21. The van der Waals surface area contributed by atoms with Crippen molar-refractivity contribution < 1.29 is 103 Å². The number of aliphatic hydroxyl groups is 9. The second kappa shape index (κ2) is 32.6. The number of carbonyl (C=O) groups is 3. The Kier molecular flexibility index (Phi) is 28.7. The summed E-state index contributed by atoms with van der Waals surface area (Å²) < 4.78 is 52.2. The van der Waals surface area contributed by atoms with Crippen LogP contribution >= 0.6 is 0 Å². The van der Waals surface area contributed by atoms with Crippen molar-refractivity contribution in [2.45, 2.75) is 170 Å². The van der Waals surface area contributed by atoms with Crippen LogP contribution in [0.25, 0.3) is 0 Å². The van der Waals surface area contributed by atoms with Crippen LogP contribution in [0, 0.1) is 5.92 Å². The van der Waals surface area contributed by atoms with Crippen molar-refractivity contribution in [1.29, 1.82) is 0 Å². The second-order valence-corrected chi connectivity index (χ2v) is 17.2. The summed E-state index contributed by atoms with van der Waals surface area (Å²) in [4.78, 5) is 35.0. The molecule has 0 spiro atoms. The number of amides is 3. The van der Waals surface area contributed by atoms with Crippen LogP contribution in [0.2, 0.25) is 0 Å². The fourth-order valence-corrected chi connectivity index (χ4v) is 7.78. The van der Waals surface area contributed by atoms with E-state index in [1.165, 1.54) is 20.8 Å². The van der Waals surface area contributed by atoms with Gasteiger partial charge in [-0.3, -0.25) is 14.4 Å². The van der Waals surface area contributed by atoms with E-state index in [4.69, 9.17) is 42.6 Å². The molecule has 15 atom stereocenters. The lowest BCUT2D eigenvalue weighted by Gasteiger charge is -2.42. The largest absolute Gasteiger partial charge is 0.394 e. The topological polar surface area (TPSA) is 352 Å². The molecule has 0 saturated carbocycles. The number of hydrogen-bond donors (Lipinski definition) is 12. The molecule has 0 aliphatic carbocycles. The molecule has 3 heterocycles. The highest BCUT2D eigenvalue weighted by molar-refractivity contribution is 5.74. The Balaban J connectivity index is 1.39. The van der Waals surface area contributed by atoms with E-state index in [-0.39, 0.29) is 25.7 Å². The molecule has 9 unspecified atom stereocenters. The molecule has 24 heteroatoms. The number of carbonyl (C=O) groups excluding carboxylic acids is 3. The third-order valence-electron chi connectivity index (χ3n) is 11.5. The Morgan fingerprint density at radius 3 is 0.910 bits per heavy atom. The molecule has 0 radical (unpaired) electrons. The van der Waals surface area contributed by atoms with E-state index < -0.39 is 129 Å². The lowest BCUT2D eigenvalue weighted by atomic mass is 9.97. The minimum absolute atomic E-state index is 0.0868. The summed E-state index contributed by atoms with van der Waals surface area (Å²) in [6, 6.07) is -3.03. The van der Waals surface area contributed by atoms with Crippen LogP contribution in [0.4, 0.5) is 0 Å². The molecule has 3 amide bonds. The van der Waals surface area contributed by atoms with Crippen molar-refractivity contribution in [3.63, 3.8) is 0 Å². The van der Waals surface area contributed by atoms with E-state index in [1.54, 1.807) is 0 Å². The van der Waals surface area contributed by atoms with Gasteiger partial charge in [-0.05, 0) is 57.8 Å². The Morgan fingerprint density at radius 1 is 0.418 bits per heavy atom. The molecule has 0 bridgehead atoms. The first kappa shape index (κ1) is 59.0. The maximum Gasteiger partial charge on any atom is 0.217 e. The van der Waals surface area contributed by atoms with Gasteiger partial charge in [0, 0.05) is 66.3 Å². The van der Waals surface area contributed by atoms with Gasteiger partial charge in [0.2, 0.25) is 17.7 Å². The highest BCUT2D eigenvalue weighted by Gasteiger charge is 2.47. The molecule has 3 saturated heterocycles. The third-order valence-corrected chi connectivity index (χ3v) is 11.5. The number of rotatable bonds is 33. The SMILES string of the molecule is CC(=O)NC1C(O)[C@@H](O)C(CO)O[C@H]1OCCCCCOCC(COCCCCCO[C@@H]1OC(CO)[C@H](O)C(O)C1NC(C)=O)COCCCCCO[C@@H]1OC(CO)[C@H](O)C(O)C1NC(C)=O. The summed E-state index contributed by atoms with van der Waals surface area (Å²) in [5.74, 6) is -1.40. The van der Waals surface area contributed by atoms with Crippen LogP contribution in [0.3, 0.4) is 0 Å². The van der Waals surface area contributed by atoms with Crippen molar-refractivity contribution in [2.75, 3.05) is 79.3 Å². The van der Waals surface area contributed by atoms with Gasteiger partial charge in [-0.25, -0.2) is 0 Å². The first-order valence-corrected chi connectivity index (χ1v) is 23.4. The van der Waals surface area contributed by atoms with Crippen molar-refractivity contribution in [3.8, 4) is 0 Å². The zero-order valence-electron chi connectivity index (χ0n) is 39.0. The predicted molar refractivity (Wildman–Crippen MR) is 231 cm³/mol. The first-order valence-electron chi connectivity index (χ1n) is 23.4. The molecule has 67 heavy (non-hydrogen) atoms. The fourth-order valence-electron chi connectivity index (χ4n) is 7.78. The molecule has 3 fully saturated rings. The molecule has 24 nitrogen and oxygen atoms in total. The third kappa shape index (κ3) is 20.5. The van der Waals surface area contributed by atoms with Crippen LogP contribution in [0.5, 0.6) is 0 Å². The van der Waals surface area contributed by atoms with E-state index in [1.807, 2.05) is 0 Å². The molecule has 0 aromatic carbocycles. The van der Waals surface area contributed by atoms with Crippen LogP contribution in [-0.4, -0.2) is 235 Å². The van der Waals surface area contributed by atoms with Gasteiger partial charge in [-0.1, -0.05) is 0 Å². The van der Waals surface area contributed by atoms with Crippen molar-refractivity contribution >= 4 is 17.7 Å². The second-order valence-electron chi connectivity index (χ2n) is 17.2. The number of unbranched alkanes of at least 4 members (excludes halogenated alkanes) is 6. The zero-order chi connectivity index (χ0) is 49.3. The van der Waals surface area contributed by atoms with Gasteiger partial charge in [0.05, 0.1) is 39.6 Å². The Labute approximate surface area is 391 Å². The first-order chi connectivity index (χ1) is 32.1. The van der Waals surface area contributed by atoms with Crippen molar-refractivity contribution in [1.82, 2.24) is 16.0 Å². The minimum atomic E-state index is -1.40. The number of nitrogens with one attached hydrogen (secondary N) is 3. The Hall–Kier alpha value is -2.31. The lowest BCUT2D eigenvalue weighted by Crippen LogP contribution is -2.64. The molecule has 392 valence electrons. The molecule has 3 aliphatic rings. The quantitative estimate of drug-likeness (QED) is 0.0279. The van der Waals surface area contributed by atoms with Crippen LogP contribution in [0.15, 0.2) is 0 Å². The van der Waals surface area contributed by atoms with Gasteiger partial charge in [-0.2, -0.15) is 0 Å². The van der Waals surface area contributed by atoms with Gasteiger partial charge >= 0.3 is 0 Å². The fraction of sp³-hybridized carbons (Fsp3) is 0.930. The number of ether oxygens (including phenoxy) is 9. The zero-order valence-corrected chi connectivity index (χ0v) is 39.0. The van der Waals surface area contributed by atoms with E-state index >= 15 is 0 Å². The van der Waals surface area contributed by atoms with Gasteiger partial charge in [0.1, 0.15) is 73.1 Å². The smallest absolute Gasteiger partial charge is 0.217 e. The standard InChI is InChI=1S/C43H79N3O21/c1-25(50)44-32-38(56)35(53)29(19-47)65-41(32)62-16-10-4-7-13-59-22-28(23-60-14-8-5-11-17-63-42-33(45-26(2)51)39(57)36(54)30(20-48)66-42)24-61-15-9-6-12-18-64-43-34(46-27(3)52)40(58)37(55)31(21-49)67-43/h28-43,47-49,53-58H,4-24H2,1-3H3,(H,44,50)(H,45,51)(H,46,52)/t28?,29?,30?,31?,32?,33?,34?,35-,36-,37-,38?,39?,40?,41+,42+,43+/m0/s1. The summed E-state index contributed by atoms with van der Waals surface area (Å²) in [5.41, 5.74) is 0. The average molecular weight is 974 g/mol. The molecule has 3 aliphatic heterocycles. The predicted octanol–water partition coefficient (Wildman–Crippen LogP) is -3.96. The summed E-state index contributed by atoms with van der Waals surface area (Å²) in [6.45, 7) is 5.37. The van der Waals surface area contributed by atoms with E-state index in [2.05, 4.69) is 16.0 Å². The minimum Gasteiger partial charge on any atom is -0.394 e. The summed E-state index contributed by atoms with van der Waals surface area (Å²) in [6.07, 6.45) is -8.58. The van der Waals surface area contributed by atoms with Crippen LogP contribution < -0.4 is 16.0 Å². The molecule has 3 rings (SSSR count). The number of aliphatic hydroxyl groups excluding tert-OH is 9. The molecular weight excluding hydrogens is 894 g/mol. The lowest BCUT2D eigenvalue weighted by molar-refractivity contribution is -0.270. The Bertz CT molecular complexity index is 1220. The van der Waals surface area contributed by atoms with Gasteiger partial charge in [0.15, 0.2) is 18.9 Å².